The van der Waals surface area contributed by atoms with Gasteiger partial charge in [0.15, 0.2) is 5.13 Å². The molecule has 1 aromatic heterocycles. The summed E-state index contributed by atoms with van der Waals surface area (Å²) in [5, 5.41) is 4.01. The largest absolute Gasteiger partial charge is 0.497 e. The smallest absolute Gasteiger partial charge is 0.266 e. The number of halogens is 1. The summed E-state index contributed by atoms with van der Waals surface area (Å²) in [4.78, 5) is 32.5. The van der Waals surface area contributed by atoms with E-state index in [4.69, 9.17) is 28.6 Å². The van der Waals surface area contributed by atoms with Crippen molar-refractivity contribution in [3.05, 3.63) is 80.7 Å². The van der Waals surface area contributed by atoms with Crippen molar-refractivity contribution in [3.8, 4) is 5.75 Å². The summed E-state index contributed by atoms with van der Waals surface area (Å²) in [7, 11) is 1.60. The third kappa shape index (κ3) is 6.04. The number of thiazole rings is 1. The topological polar surface area (TPSA) is 71.5 Å². The minimum absolute atomic E-state index is 0.113. The van der Waals surface area contributed by atoms with Gasteiger partial charge in [0.25, 0.3) is 5.91 Å². The molecule has 2 amide bonds. The van der Waals surface area contributed by atoms with E-state index in [0.717, 1.165) is 21.8 Å². The highest BCUT2D eigenvalue weighted by Gasteiger charge is 2.32. The van der Waals surface area contributed by atoms with Gasteiger partial charge in [-0.25, -0.2) is 4.98 Å². The van der Waals surface area contributed by atoms with Crippen LogP contribution in [0.25, 0.3) is 6.08 Å². The van der Waals surface area contributed by atoms with Gasteiger partial charge in [0.05, 0.1) is 12.0 Å². The van der Waals surface area contributed by atoms with Gasteiger partial charge in [-0.2, -0.15) is 0 Å². The highest BCUT2D eigenvalue weighted by molar-refractivity contribution is 8.26. The van der Waals surface area contributed by atoms with Crippen LogP contribution in [-0.4, -0.2) is 39.7 Å². The van der Waals surface area contributed by atoms with E-state index < -0.39 is 0 Å². The molecule has 0 unspecified atom stereocenters. The molecule has 174 valence electrons. The number of hydrogen-bond donors (Lipinski definition) is 1. The first-order chi connectivity index (χ1) is 16.4. The van der Waals surface area contributed by atoms with Gasteiger partial charge in [-0.15, -0.1) is 11.3 Å². The second-order valence-electron chi connectivity index (χ2n) is 7.30. The summed E-state index contributed by atoms with van der Waals surface area (Å²) in [6, 6.07) is 15.0. The second kappa shape index (κ2) is 11.1. The summed E-state index contributed by atoms with van der Waals surface area (Å²) >= 11 is 14.2. The number of nitrogens with one attached hydrogen (secondary N) is 1. The molecule has 0 saturated carbocycles. The minimum atomic E-state index is -0.230. The van der Waals surface area contributed by atoms with Gasteiger partial charge in [0, 0.05) is 35.5 Å². The van der Waals surface area contributed by atoms with Crippen LogP contribution in [0.5, 0.6) is 5.75 Å². The molecule has 1 aliphatic heterocycles. The molecule has 0 atom stereocenters. The van der Waals surface area contributed by atoms with Crippen molar-refractivity contribution in [1.82, 2.24) is 9.88 Å². The molecule has 0 radical (unpaired) electrons. The molecular formula is C24H20ClN3O3S3. The van der Waals surface area contributed by atoms with E-state index in [-0.39, 0.29) is 24.8 Å². The molecule has 0 spiro atoms. The first-order valence-electron chi connectivity index (χ1n) is 10.3. The zero-order valence-electron chi connectivity index (χ0n) is 18.1. The van der Waals surface area contributed by atoms with Crippen LogP contribution in [0.3, 0.4) is 0 Å². The van der Waals surface area contributed by atoms with Crippen LogP contribution in [-0.2, 0) is 16.0 Å². The number of nitrogens with zero attached hydrogens (tertiary/aromatic N) is 2. The van der Waals surface area contributed by atoms with Crippen LogP contribution in [0.4, 0.5) is 5.13 Å². The van der Waals surface area contributed by atoms with Crippen molar-refractivity contribution in [2.24, 2.45) is 0 Å². The fourth-order valence-corrected chi connectivity index (χ4v) is 5.58. The highest BCUT2D eigenvalue weighted by Crippen LogP contribution is 2.33. The normalized spacial score (nSPS) is 14.6. The van der Waals surface area contributed by atoms with E-state index in [9.17, 15) is 9.59 Å². The van der Waals surface area contributed by atoms with E-state index in [2.05, 4.69) is 10.3 Å². The first kappa shape index (κ1) is 24.4. The lowest BCUT2D eigenvalue weighted by Gasteiger charge is -2.13. The monoisotopic (exact) mass is 529 g/mol. The Bertz CT molecular complexity index is 1260. The minimum Gasteiger partial charge on any atom is -0.497 e. The summed E-state index contributed by atoms with van der Waals surface area (Å²) in [5.74, 6) is 0.314. The molecule has 0 aliphatic carbocycles. The van der Waals surface area contributed by atoms with Crippen molar-refractivity contribution >= 4 is 74.3 Å². The zero-order valence-corrected chi connectivity index (χ0v) is 21.3. The Kier molecular flexibility index (Phi) is 7.99. The number of rotatable bonds is 8. The molecular weight excluding hydrogens is 510 g/mol. The van der Waals surface area contributed by atoms with Gasteiger partial charge >= 0.3 is 0 Å². The van der Waals surface area contributed by atoms with Gasteiger partial charge in [0.1, 0.15) is 10.1 Å². The maximum Gasteiger partial charge on any atom is 0.266 e. The van der Waals surface area contributed by atoms with Gasteiger partial charge in [-0.1, -0.05) is 65.9 Å². The van der Waals surface area contributed by atoms with Crippen LogP contribution in [0.15, 0.2) is 59.6 Å². The molecule has 1 fully saturated rings. The summed E-state index contributed by atoms with van der Waals surface area (Å²) < 4.78 is 5.59. The molecule has 2 heterocycles. The lowest BCUT2D eigenvalue weighted by Crippen LogP contribution is -2.31. The number of carbonyl (C=O) groups is 2. The Hall–Kier alpha value is -2.72. The molecule has 3 aromatic rings. The van der Waals surface area contributed by atoms with Crippen molar-refractivity contribution in [2.75, 3.05) is 19.0 Å². The lowest BCUT2D eigenvalue weighted by atomic mass is 10.1. The van der Waals surface area contributed by atoms with Crippen molar-refractivity contribution in [2.45, 2.75) is 12.8 Å². The Labute approximate surface area is 216 Å². The molecule has 34 heavy (non-hydrogen) atoms. The van der Waals surface area contributed by atoms with Crippen LogP contribution < -0.4 is 10.1 Å². The fourth-order valence-electron chi connectivity index (χ4n) is 3.22. The first-order valence-corrected chi connectivity index (χ1v) is 12.7. The standard InChI is InChI=1S/C24H20ClN3O3S3/c1-31-17-8-6-15(7-9-17)12-20-22(30)28(24(32)34-20)11-10-21(29)27-23-26-14-18(33-23)13-16-4-2-3-5-19(16)25/h2-9,12,14H,10-11,13H2,1H3,(H,26,27,29). The maximum absolute atomic E-state index is 12.8. The molecule has 2 aromatic carbocycles. The summed E-state index contributed by atoms with van der Waals surface area (Å²) in [6.45, 7) is 0.203. The molecule has 6 nitrogen and oxygen atoms in total. The number of amides is 2. The number of anilines is 1. The number of ether oxygens (including phenoxy) is 1. The van der Waals surface area contributed by atoms with Gasteiger partial charge < -0.3 is 10.1 Å². The number of carbonyl (C=O) groups excluding carboxylic acids is 2. The predicted molar refractivity (Wildman–Crippen MR) is 142 cm³/mol. The van der Waals surface area contributed by atoms with Crippen LogP contribution >= 0.6 is 46.9 Å². The summed E-state index contributed by atoms with van der Waals surface area (Å²) in [6.07, 6.45) is 4.27. The van der Waals surface area contributed by atoms with E-state index >= 15 is 0 Å². The Morgan fingerprint density at radius 1 is 1.24 bits per heavy atom. The van der Waals surface area contributed by atoms with Gasteiger partial charge in [-0.3, -0.25) is 14.5 Å². The van der Waals surface area contributed by atoms with Crippen molar-refractivity contribution in [3.63, 3.8) is 0 Å². The van der Waals surface area contributed by atoms with E-state index in [1.165, 1.54) is 28.0 Å². The highest BCUT2D eigenvalue weighted by atomic mass is 35.5. The number of benzene rings is 2. The number of thiocarbonyl (C=S) groups is 1. The average molecular weight is 530 g/mol. The van der Waals surface area contributed by atoms with Crippen molar-refractivity contribution in [1.29, 1.82) is 0 Å². The van der Waals surface area contributed by atoms with Crippen molar-refractivity contribution < 1.29 is 14.3 Å². The van der Waals surface area contributed by atoms with E-state index in [0.29, 0.717) is 25.8 Å². The molecule has 1 N–H and O–H groups in total. The third-order valence-corrected chi connectivity index (χ3v) is 7.63. The quantitative estimate of drug-likeness (QED) is 0.301. The van der Waals surface area contributed by atoms with Gasteiger partial charge in [-0.05, 0) is 35.4 Å². The predicted octanol–water partition coefficient (Wildman–Crippen LogP) is 5.63. The summed E-state index contributed by atoms with van der Waals surface area (Å²) in [5.41, 5.74) is 1.87. The molecule has 4 rings (SSSR count). The van der Waals surface area contributed by atoms with Crippen LogP contribution in [0.2, 0.25) is 5.02 Å². The number of hydrogen-bond acceptors (Lipinski definition) is 7. The maximum atomic E-state index is 12.8. The van der Waals surface area contributed by atoms with E-state index in [1.54, 1.807) is 19.4 Å². The lowest BCUT2D eigenvalue weighted by molar-refractivity contribution is -0.122. The molecule has 1 saturated heterocycles. The average Bonchev–Trinajstić information content (AvgIpc) is 3.37. The number of aromatic nitrogens is 1. The Balaban J connectivity index is 1.31. The number of thioether (sulfide) groups is 1. The zero-order chi connectivity index (χ0) is 24.1. The second-order valence-corrected chi connectivity index (χ2v) is 10.5. The Morgan fingerprint density at radius 2 is 2.00 bits per heavy atom. The molecule has 1 aliphatic rings. The van der Waals surface area contributed by atoms with Crippen LogP contribution in [0, 0.1) is 0 Å². The van der Waals surface area contributed by atoms with E-state index in [1.807, 2.05) is 48.5 Å². The fraction of sp³-hybridized carbons (Fsp3) is 0.167. The molecule has 10 heteroatoms. The number of methoxy groups -OCH3 is 1. The molecule has 0 bridgehead atoms. The Morgan fingerprint density at radius 3 is 2.74 bits per heavy atom. The van der Waals surface area contributed by atoms with Crippen LogP contribution in [0.1, 0.15) is 22.4 Å². The third-order valence-electron chi connectivity index (χ3n) is 4.97. The SMILES string of the molecule is COc1ccc(C=C2SC(=S)N(CCC(=O)Nc3ncc(Cc4ccccc4Cl)s3)C2=O)cc1. The van der Waals surface area contributed by atoms with Gasteiger partial charge in [0.2, 0.25) is 5.91 Å².